The van der Waals surface area contributed by atoms with Crippen molar-refractivity contribution >= 4 is 21.4 Å². The summed E-state index contributed by atoms with van der Waals surface area (Å²) in [4.78, 5) is 1.18. The zero-order valence-electron chi connectivity index (χ0n) is 12.2. The Morgan fingerprint density at radius 2 is 1.85 bits per heavy atom. The van der Waals surface area contributed by atoms with Crippen LogP contribution in [0.4, 0.5) is 4.39 Å². The van der Waals surface area contributed by atoms with Gasteiger partial charge >= 0.3 is 0 Å². The molecular weight excluding hydrogens is 269 g/mol. The molecule has 1 nitrogen and oxygen atoms in total. The van der Waals surface area contributed by atoms with Gasteiger partial charge in [-0.1, -0.05) is 45.4 Å². The first-order valence-electron chi connectivity index (χ1n) is 7.65. The zero-order valence-corrected chi connectivity index (χ0v) is 13.0. The molecule has 0 bridgehead atoms. The van der Waals surface area contributed by atoms with Crippen molar-refractivity contribution in [2.75, 3.05) is 0 Å². The van der Waals surface area contributed by atoms with Gasteiger partial charge in [0.1, 0.15) is 5.82 Å². The highest BCUT2D eigenvalue weighted by Crippen LogP contribution is 2.31. The standard InChI is InChI=1S/C17H24FNS/c1-2-3-4-5-6-7-8-15(19)17-12-13-11-14(18)9-10-16(13)20-17/h9-12,15H,2-8,19H2,1H3. The summed E-state index contributed by atoms with van der Waals surface area (Å²) in [5.74, 6) is -0.175. The molecule has 1 unspecified atom stereocenters. The number of hydrogen-bond donors (Lipinski definition) is 1. The van der Waals surface area contributed by atoms with Crippen LogP contribution in [0, 0.1) is 5.82 Å². The van der Waals surface area contributed by atoms with E-state index in [1.165, 1.54) is 49.5 Å². The molecule has 0 aliphatic rings. The SMILES string of the molecule is CCCCCCCCC(N)c1cc2cc(F)ccc2s1. The molecule has 0 radical (unpaired) electrons. The quantitative estimate of drug-likeness (QED) is 0.612. The van der Waals surface area contributed by atoms with Crippen LogP contribution in [0.3, 0.4) is 0 Å². The molecule has 2 N–H and O–H groups in total. The van der Waals surface area contributed by atoms with Crippen LogP contribution in [0.2, 0.25) is 0 Å². The van der Waals surface area contributed by atoms with Crippen molar-refractivity contribution in [2.24, 2.45) is 5.73 Å². The largest absolute Gasteiger partial charge is 0.323 e. The maximum absolute atomic E-state index is 13.2. The van der Waals surface area contributed by atoms with Gasteiger partial charge in [-0.2, -0.15) is 0 Å². The Labute approximate surface area is 125 Å². The topological polar surface area (TPSA) is 26.0 Å². The molecule has 0 saturated carbocycles. The predicted octanol–water partition coefficient (Wildman–Crippen LogP) is 5.79. The van der Waals surface area contributed by atoms with Crippen LogP contribution in [0.1, 0.15) is 62.8 Å². The molecule has 0 amide bonds. The van der Waals surface area contributed by atoms with Crippen molar-refractivity contribution in [3.8, 4) is 0 Å². The third kappa shape index (κ3) is 4.29. The molecule has 20 heavy (non-hydrogen) atoms. The molecule has 1 heterocycles. The van der Waals surface area contributed by atoms with Crippen LogP contribution in [0.25, 0.3) is 10.1 Å². The normalized spacial score (nSPS) is 12.9. The lowest BCUT2D eigenvalue weighted by Gasteiger charge is -2.08. The highest BCUT2D eigenvalue weighted by molar-refractivity contribution is 7.19. The van der Waals surface area contributed by atoms with E-state index < -0.39 is 0 Å². The first-order chi connectivity index (χ1) is 9.70. The Hall–Kier alpha value is -0.930. The maximum atomic E-state index is 13.2. The molecule has 0 saturated heterocycles. The fourth-order valence-corrected chi connectivity index (χ4v) is 3.59. The molecule has 1 aromatic carbocycles. The Morgan fingerprint density at radius 3 is 2.65 bits per heavy atom. The highest BCUT2D eigenvalue weighted by Gasteiger charge is 2.10. The first-order valence-corrected chi connectivity index (χ1v) is 8.47. The van der Waals surface area contributed by atoms with E-state index in [2.05, 4.69) is 6.92 Å². The van der Waals surface area contributed by atoms with Gasteiger partial charge in [0.05, 0.1) is 0 Å². The molecule has 2 rings (SSSR count). The molecule has 0 aliphatic carbocycles. The summed E-state index contributed by atoms with van der Waals surface area (Å²) in [5, 5.41) is 0.975. The predicted molar refractivity (Wildman–Crippen MR) is 86.7 cm³/mol. The van der Waals surface area contributed by atoms with Crippen LogP contribution in [-0.4, -0.2) is 0 Å². The Bertz CT molecular complexity index is 535. The number of nitrogens with two attached hydrogens (primary N) is 1. The lowest BCUT2D eigenvalue weighted by atomic mass is 10.0. The summed E-state index contributed by atoms with van der Waals surface area (Å²) in [6.45, 7) is 2.24. The van der Waals surface area contributed by atoms with Gasteiger partial charge in [-0.25, -0.2) is 4.39 Å². The van der Waals surface area contributed by atoms with E-state index in [4.69, 9.17) is 5.73 Å². The second-order valence-electron chi connectivity index (χ2n) is 5.49. The van der Waals surface area contributed by atoms with Gasteiger partial charge in [0, 0.05) is 15.6 Å². The van der Waals surface area contributed by atoms with Crippen molar-refractivity contribution in [3.63, 3.8) is 0 Å². The minimum absolute atomic E-state index is 0.0987. The van der Waals surface area contributed by atoms with Crippen LogP contribution in [0.5, 0.6) is 0 Å². The van der Waals surface area contributed by atoms with Crippen LogP contribution in [-0.2, 0) is 0 Å². The Balaban J connectivity index is 1.83. The van der Waals surface area contributed by atoms with Crippen molar-refractivity contribution in [1.29, 1.82) is 0 Å². The van der Waals surface area contributed by atoms with E-state index >= 15 is 0 Å². The number of halogens is 1. The number of rotatable bonds is 8. The molecule has 0 aliphatic heterocycles. The number of unbranched alkanes of at least 4 members (excludes halogenated alkanes) is 5. The second kappa shape index (κ2) is 7.75. The lowest BCUT2D eigenvalue weighted by Crippen LogP contribution is -2.08. The van der Waals surface area contributed by atoms with Gasteiger partial charge in [0.15, 0.2) is 0 Å². The van der Waals surface area contributed by atoms with E-state index in [9.17, 15) is 4.39 Å². The lowest BCUT2D eigenvalue weighted by molar-refractivity contribution is 0.551. The monoisotopic (exact) mass is 293 g/mol. The second-order valence-corrected chi connectivity index (χ2v) is 6.61. The minimum Gasteiger partial charge on any atom is -0.323 e. The fourth-order valence-electron chi connectivity index (χ4n) is 2.50. The smallest absolute Gasteiger partial charge is 0.123 e. The molecule has 2 aromatic rings. The van der Waals surface area contributed by atoms with Gasteiger partial charge in [0.2, 0.25) is 0 Å². The average Bonchev–Trinajstić information content (AvgIpc) is 2.85. The van der Waals surface area contributed by atoms with Gasteiger partial charge in [-0.05, 0) is 36.1 Å². The van der Waals surface area contributed by atoms with Crippen LogP contribution >= 0.6 is 11.3 Å². The average molecular weight is 293 g/mol. The van der Waals surface area contributed by atoms with Crippen molar-refractivity contribution in [3.05, 3.63) is 35.0 Å². The summed E-state index contributed by atoms with van der Waals surface area (Å²) in [5.41, 5.74) is 6.25. The van der Waals surface area contributed by atoms with Gasteiger partial charge in [-0.15, -0.1) is 11.3 Å². The molecule has 110 valence electrons. The number of benzene rings is 1. The van der Waals surface area contributed by atoms with E-state index in [1.54, 1.807) is 17.4 Å². The zero-order chi connectivity index (χ0) is 14.4. The number of fused-ring (bicyclic) bond motifs is 1. The van der Waals surface area contributed by atoms with E-state index in [-0.39, 0.29) is 11.9 Å². The number of thiophene rings is 1. The summed E-state index contributed by atoms with van der Waals surface area (Å²) in [7, 11) is 0. The minimum atomic E-state index is -0.175. The van der Waals surface area contributed by atoms with Gasteiger partial charge in [-0.3, -0.25) is 0 Å². The summed E-state index contributed by atoms with van der Waals surface area (Å²) < 4.78 is 14.3. The highest BCUT2D eigenvalue weighted by atomic mass is 32.1. The van der Waals surface area contributed by atoms with E-state index in [0.717, 1.165) is 16.5 Å². The maximum Gasteiger partial charge on any atom is 0.123 e. The molecule has 3 heteroatoms. The van der Waals surface area contributed by atoms with E-state index in [0.29, 0.717) is 0 Å². The van der Waals surface area contributed by atoms with Gasteiger partial charge in [0.25, 0.3) is 0 Å². The summed E-state index contributed by atoms with van der Waals surface area (Å²) in [6.07, 6.45) is 8.78. The summed E-state index contributed by atoms with van der Waals surface area (Å²) in [6, 6.07) is 7.09. The molecule has 0 fully saturated rings. The fraction of sp³-hybridized carbons (Fsp3) is 0.529. The third-order valence-corrected chi connectivity index (χ3v) is 4.98. The Kier molecular flexibility index (Phi) is 5.99. The number of hydrogen-bond acceptors (Lipinski definition) is 2. The van der Waals surface area contributed by atoms with Crippen molar-refractivity contribution in [1.82, 2.24) is 0 Å². The Morgan fingerprint density at radius 1 is 1.10 bits per heavy atom. The van der Waals surface area contributed by atoms with Crippen molar-refractivity contribution in [2.45, 2.75) is 57.9 Å². The third-order valence-electron chi connectivity index (χ3n) is 3.73. The van der Waals surface area contributed by atoms with Crippen molar-refractivity contribution < 1.29 is 4.39 Å². The van der Waals surface area contributed by atoms with E-state index in [1.807, 2.05) is 12.1 Å². The molecule has 1 atom stereocenters. The molecule has 0 spiro atoms. The van der Waals surface area contributed by atoms with Gasteiger partial charge < -0.3 is 5.73 Å². The first kappa shape index (κ1) is 15.5. The summed E-state index contributed by atoms with van der Waals surface area (Å²) >= 11 is 1.69. The van der Waals surface area contributed by atoms with Crippen LogP contribution < -0.4 is 5.73 Å². The molecular formula is C17H24FNS. The molecule has 1 aromatic heterocycles. The van der Waals surface area contributed by atoms with Crippen LogP contribution in [0.15, 0.2) is 24.3 Å².